The van der Waals surface area contributed by atoms with Crippen LogP contribution in [0.3, 0.4) is 0 Å². The van der Waals surface area contributed by atoms with E-state index in [1.165, 1.54) is 11.1 Å². The molecular weight excluding hydrogens is 336 g/mol. The maximum Gasteiger partial charge on any atom is 0.266 e. The van der Waals surface area contributed by atoms with E-state index in [0.717, 1.165) is 12.0 Å². The van der Waals surface area contributed by atoms with Crippen molar-refractivity contribution in [2.75, 3.05) is 11.5 Å². The third-order valence-electron chi connectivity index (χ3n) is 4.38. The maximum absolute atomic E-state index is 12.9. The van der Waals surface area contributed by atoms with Gasteiger partial charge in [0.1, 0.15) is 11.6 Å². The van der Waals surface area contributed by atoms with Crippen molar-refractivity contribution in [1.29, 1.82) is 0 Å². The van der Waals surface area contributed by atoms with E-state index in [-0.39, 0.29) is 12.5 Å². The lowest BCUT2D eigenvalue weighted by molar-refractivity contribution is -0.120. The van der Waals surface area contributed by atoms with Crippen molar-refractivity contribution in [2.24, 2.45) is 0 Å². The van der Waals surface area contributed by atoms with E-state index < -0.39 is 0 Å². The predicted octanol–water partition coefficient (Wildman–Crippen LogP) is 4.56. The van der Waals surface area contributed by atoms with Gasteiger partial charge in [0.25, 0.3) is 5.91 Å². The quantitative estimate of drug-likeness (QED) is 0.620. The first kappa shape index (κ1) is 18.6. The standard InChI is InChI=1S/C23H24N2O2/c1-3-19-11-13-21(14-12-19)27-17-23(26)25(22-6-4-5-15-24-22)16-20-9-7-18(2)8-10-20/h4-15H,3,16-17H2,1-2H3. The third kappa shape index (κ3) is 5.17. The average molecular weight is 360 g/mol. The number of ether oxygens (including phenoxy) is 1. The number of aryl methyl sites for hydroxylation is 2. The number of hydrogen-bond acceptors (Lipinski definition) is 3. The minimum atomic E-state index is -0.131. The van der Waals surface area contributed by atoms with Gasteiger partial charge in [-0.15, -0.1) is 0 Å². The van der Waals surface area contributed by atoms with Crippen LogP contribution in [0.1, 0.15) is 23.6 Å². The van der Waals surface area contributed by atoms with Gasteiger partial charge in [-0.05, 0) is 48.7 Å². The fourth-order valence-corrected chi connectivity index (χ4v) is 2.73. The fourth-order valence-electron chi connectivity index (χ4n) is 2.73. The van der Waals surface area contributed by atoms with Crippen LogP contribution in [0.5, 0.6) is 5.75 Å². The molecule has 3 rings (SSSR count). The van der Waals surface area contributed by atoms with Gasteiger partial charge >= 0.3 is 0 Å². The van der Waals surface area contributed by atoms with Crippen LogP contribution in [0.15, 0.2) is 72.9 Å². The Morgan fingerprint density at radius 1 is 0.963 bits per heavy atom. The van der Waals surface area contributed by atoms with E-state index in [1.54, 1.807) is 11.1 Å². The number of anilines is 1. The number of carbonyl (C=O) groups excluding carboxylic acids is 1. The molecule has 4 heteroatoms. The molecule has 0 fully saturated rings. The van der Waals surface area contributed by atoms with Gasteiger partial charge in [0.15, 0.2) is 6.61 Å². The van der Waals surface area contributed by atoms with Crippen LogP contribution in [0.25, 0.3) is 0 Å². The summed E-state index contributed by atoms with van der Waals surface area (Å²) in [6.07, 6.45) is 2.66. The molecule has 0 unspecified atom stereocenters. The summed E-state index contributed by atoms with van der Waals surface area (Å²) in [5, 5.41) is 0. The molecule has 0 radical (unpaired) electrons. The lowest BCUT2D eigenvalue weighted by atomic mass is 10.1. The monoisotopic (exact) mass is 360 g/mol. The van der Waals surface area contributed by atoms with Crippen LogP contribution < -0.4 is 9.64 Å². The molecular formula is C23H24N2O2. The van der Waals surface area contributed by atoms with Crippen molar-refractivity contribution in [3.63, 3.8) is 0 Å². The van der Waals surface area contributed by atoms with E-state index in [1.807, 2.05) is 73.7 Å². The van der Waals surface area contributed by atoms with Crippen LogP contribution in [-0.2, 0) is 17.8 Å². The second-order valence-electron chi connectivity index (χ2n) is 6.44. The van der Waals surface area contributed by atoms with Gasteiger partial charge in [-0.2, -0.15) is 0 Å². The number of benzene rings is 2. The van der Waals surface area contributed by atoms with Gasteiger partial charge in [-0.3, -0.25) is 9.69 Å². The summed E-state index contributed by atoms with van der Waals surface area (Å²) in [6.45, 7) is 4.57. The normalized spacial score (nSPS) is 10.4. The molecule has 1 amide bonds. The number of rotatable bonds is 7. The second-order valence-corrected chi connectivity index (χ2v) is 6.44. The van der Waals surface area contributed by atoms with E-state index in [2.05, 4.69) is 11.9 Å². The number of hydrogen-bond donors (Lipinski definition) is 0. The zero-order chi connectivity index (χ0) is 19.1. The summed E-state index contributed by atoms with van der Waals surface area (Å²) in [4.78, 5) is 18.9. The van der Waals surface area contributed by atoms with Gasteiger partial charge < -0.3 is 4.74 Å². The van der Waals surface area contributed by atoms with Crippen molar-refractivity contribution in [3.8, 4) is 5.75 Å². The Bertz CT molecular complexity index is 859. The maximum atomic E-state index is 12.9. The highest BCUT2D eigenvalue weighted by Gasteiger charge is 2.18. The van der Waals surface area contributed by atoms with Gasteiger partial charge in [0, 0.05) is 6.20 Å². The van der Waals surface area contributed by atoms with Crippen molar-refractivity contribution in [3.05, 3.63) is 89.6 Å². The molecule has 0 bridgehead atoms. The highest BCUT2D eigenvalue weighted by molar-refractivity contribution is 5.93. The van der Waals surface area contributed by atoms with Crippen molar-refractivity contribution in [2.45, 2.75) is 26.8 Å². The molecule has 0 N–H and O–H groups in total. The second kappa shape index (κ2) is 8.99. The highest BCUT2D eigenvalue weighted by atomic mass is 16.5. The number of aromatic nitrogens is 1. The summed E-state index contributed by atoms with van der Waals surface area (Å²) in [7, 11) is 0. The van der Waals surface area contributed by atoms with Crippen LogP contribution in [0, 0.1) is 6.92 Å². The minimum Gasteiger partial charge on any atom is -0.484 e. The average Bonchev–Trinajstić information content (AvgIpc) is 2.72. The Kier molecular flexibility index (Phi) is 6.21. The highest BCUT2D eigenvalue weighted by Crippen LogP contribution is 2.17. The Morgan fingerprint density at radius 3 is 2.30 bits per heavy atom. The molecule has 0 atom stereocenters. The van der Waals surface area contributed by atoms with Crippen LogP contribution in [0.4, 0.5) is 5.82 Å². The molecule has 3 aromatic rings. The smallest absolute Gasteiger partial charge is 0.266 e. The molecule has 27 heavy (non-hydrogen) atoms. The summed E-state index contributed by atoms with van der Waals surface area (Å²) in [5.74, 6) is 1.18. The number of carbonyl (C=O) groups is 1. The Balaban J connectivity index is 1.72. The molecule has 4 nitrogen and oxygen atoms in total. The molecule has 0 saturated heterocycles. The van der Waals surface area contributed by atoms with Gasteiger partial charge in [-0.1, -0.05) is 55.0 Å². The third-order valence-corrected chi connectivity index (χ3v) is 4.38. The molecule has 0 aliphatic heterocycles. The number of amides is 1. The first-order valence-corrected chi connectivity index (χ1v) is 9.14. The molecule has 1 heterocycles. The van der Waals surface area contributed by atoms with E-state index in [4.69, 9.17) is 4.74 Å². The molecule has 0 saturated carbocycles. The van der Waals surface area contributed by atoms with E-state index in [0.29, 0.717) is 18.1 Å². The van der Waals surface area contributed by atoms with Gasteiger partial charge in [0.2, 0.25) is 0 Å². The molecule has 0 spiro atoms. The van der Waals surface area contributed by atoms with Crippen LogP contribution in [-0.4, -0.2) is 17.5 Å². The number of pyridine rings is 1. The molecule has 2 aromatic carbocycles. The summed E-state index contributed by atoms with van der Waals surface area (Å²) in [6, 6.07) is 21.5. The van der Waals surface area contributed by atoms with Crippen molar-refractivity contribution in [1.82, 2.24) is 4.98 Å². The molecule has 0 aliphatic carbocycles. The largest absolute Gasteiger partial charge is 0.484 e. The predicted molar refractivity (Wildman–Crippen MR) is 108 cm³/mol. The Morgan fingerprint density at radius 2 is 1.67 bits per heavy atom. The molecule has 138 valence electrons. The Labute approximate surface area is 160 Å². The van der Waals surface area contributed by atoms with Gasteiger partial charge in [0.05, 0.1) is 6.54 Å². The number of nitrogens with zero attached hydrogens (tertiary/aromatic N) is 2. The first-order valence-electron chi connectivity index (χ1n) is 9.14. The zero-order valence-electron chi connectivity index (χ0n) is 15.8. The molecule has 0 aliphatic rings. The minimum absolute atomic E-state index is 0.0338. The first-order chi connectivity index (χ1) is 13.2. The summed E-state index contributed by atoms with van der Waals surface area (Å²) in [5.41, 5.74) is 3.48. The van der Waals surface area contributed by atoms with E-state index in [9.17, 15) is 4.79 Å². The topological polar surface area (TPSA) is 42.4 Å². The zero-order valence-corrected chi connectivity index (χ0v) is 15.8. The van der Waals surface area contributed by atoms with Crippen LogP contribution >= 0.6 is 0 Å². The van der Waals surface area contributed by atoms with Crippen molar-refractivity contribution < 1.29 is 9.53 Å². The van der Waals surface area contributed by atoms with E-state index >= 15 is 0 Å². The summed E-state index contributed by atoms with van der Waals surface area (Å²) >= 11 is 0. The fraction of sp³-hybridized carbons (Fsp3) is 0.217. The molecule has 1 aromatic heterocycles. The SMILES string of the molecule is CCc1ccc(OCC(=O)N(Cc2ccc(C)cc2)c2ccccn2)cc1. The van der Waals surface area contributed by atoms with Crippen molar-refractivity contribution >= 4 is 11.7 Å². The van der Waals surface area contributed by atoms with Crippen LogP contribution in [0.2, 0.25) is 0 Å². The summed E-state index contributed by atoms with van der Waals surface area (Å²) < 4.78 is 5.71. The lowest BCUT2D eigenvalue weighted by Gasteiger charge is -2.22. The lowest BCUT2D eigenvalue weighted by Crippen LogP contribution is -2.35. The Hall–Kier alpha value is -3.14. The van der Waals surface area contributed by atoms with Gasteiger partial charge in [-0.25, -0.2) is 4.98 Å².